The Balaban J connectivity index is 1.16. The van der Waals surface area contributed by atoms with Gasteiger partial charge in [0, 0.05) is 48.2 Å². The van der Waals surface area contributed by atoms with Crippen LogP contribution in [0.15, 0.2) is 72.8 Å². The molecule has 7 heteroatoms. The number of nitrogens with zero attached hydrogens (tertiary/aromatic N) is 4. The molecule has 0 spiro atoms. The monoisotopic (exact) mass is 559 g/mol. The van der Waals surface area contributed by atoms with E-state index >= 15 is 0 Å². The third-order valence-electron chi connectivity index (χ3n) is 8.19. The van der Waals surface area contributed by atoms with Crippen molar-refractivity contribution in [3.05, 3.63) is 99.8 Å². The average molecular weight is 561 g/mol. The fraction of sp³-hybridized carbons (Fsp3) is 0.375. The summed E-state index contributed by atoms with van der Waals surface area (Å²) in [7, 11) is 0. The Morgan fingerprint density at radius 2 is 1.38 bits per heavy atom. The molecule has 1 N–H and O–H groups in total. The molecular weight excluding hydrogens is 525 g/mol. The number of anilines is 1. The summed E-state index contributed by atoms with van der Waals surface area (Å²) in [4.78, 5) is 15.0. The maximum Gasteiger partial charge on any atom is 0.145 e. The molecule has 0 amide bonds. The lowest BCUT2D eigenvalue weighted by atomic mass is 9.96. The number of para-hydroxylation sites is 1. The van der Waals surface area contributed by atoms with Crippen molar-refractivity contribution >= 4 is 39.9 Å². The number of hydrogen-bond donors (Lipinski definition) is 1. The summed E-state index contributed by atoms with van der Waals surface area (Å²) in [5.74, 6) is 2.62. The van der Waals surface area contributed by atoms with Gasteiger partial charge < -0.3 is 5.32 Å². The molecule has 202 valence electrons. The van der Waals surface area contributed by atoms with Crippen LogP contribution in [-0.4, -0.2) is 52.5 Å². The zero-order valence-corrected chi connectivity index (χ0v) is 23.7. The third-order valence-corrected chi connectivity index (χ3v) is 8.69. The zero-order valence-electron chi connectivity index (χ0n) is 22.2. The van der Waals surface area contributed by atoms with Gasteiger partial charge in [-0.1, -0.05) is 72.4 Å². The fourth-order valence-corrected chi connectivity index (χ4v) is 6.32. The predicted octanol–water partition coefficient (Wildman–Crippen LogP) is 7.45. The van der Waals surface area contributed by atoms with Crippen molar-refractivity contribution in [1.82, 2.24) is 19.8 Å². The molecule has 5 nitrogen and oxygen atoms in total. The van der Waals surface area contributed by atoms with Crippen molar-refractivity contribution in [1.29, 1.82) is 0 Å². The number of hydrogen-bond acceptors (Lipinski definition) is 5. The molecule has 2 fully saturated rings. The van der Waals surface area contributed by atoms with Crippen molar-refractivity contribution in [2.45, 2.75) is 38.3 Å². The van der Waals surface area contributed by atoms with E-state index in [4.69, 9.17) is 33.2 Å². The first-order chi connectivity index (χ1) is 19.1. The van der Waals surface area contributed by atoms with Gasteiger partial charge in [0.15, 0.2) is 0 Å². The topological polar surface area (TPSA) is 44.3 Å². The van der Waals surface area contributed by atoms with Gasteiger partial charge in [0.25, 0.3) is 0 Å². The van der Waals surface area contributed by atoms with Crippen LogP contribution in [0.25, 0.3) is 10.9 Å². The number of benzene rings is 3. The second kappa shape index (κ2) is 12.2. The summed E-state index contributed by atoms with van der Waals surface area (Å²) < 4.78 is 0. The standard InChI is InChI=1S/C32H35Cl2N5/c33-26-13-9-24(10-14-26)31(25-11-15-27(34)16-12-25)39-19-17-38(18-20-39)22-30-36-29-8-4-3-7-28(29)32(37-30)35-21-23-5-1-2-6-23/h3-4,7-16,23,31H,1-2,5-6,17-22H2,(H,35,36,37). The first-order valence-electron chi connectivity index (χ1n) is 14.1. The second-order valence-corrected chi connectivity index (χ2v) is 11.7. The van der Waals surface area contributed by atoms with Crippen LogP contribution in [0.1, 0.15) is 48.7 Å². The van der Waals surface area contributed by atoms with Gasteiger partial charge in [0.05, 0.1) is 18.1 Å². The zero-order chi connectivity index (χ0) is 26.6. The molecule has 1 aliphatic carbocycles. The summed E-state index contributed by atoms with van der Waals surface area (Å²) in [6.07, 6.45) is 5.34. The van der Waals surface area contributed by atoms with Crippen molar-refractivity contribution < 1.29 is 0 Å². The molecule has 0 radical (unpaired) electrons. The number of halogens is 2. The Kier molecular flexibility index (Phi) is 8.31. The Morgan fingerprint density at radius 1 is 0.769 bits per heavy atom. The van der Waals surface area contributed by atoms with E-state index in [2.05, 4.69) is 63.6 Å². The molecular formula is C32H35Cl2N5. The van der Waals surface area contributed by atoms with Crippen molar-refractivity contribution in [2.75, 3.05) is 38.0 Å². The van der Waals surface area contributed by atoms with E-state index < -0.39 is 0 Å². The molecule has 2 heterocycles. The molecule has 2 aliphatic rings. The van der Waals surface area contributed by atoms with Gasteiger partial charge in [-0.3, -0.25) is 9.80 Å². The second-order valence-electron chi connectivity index (χ2n) is 10.9. The van der Waals surface area contributed by atoms with Crippen LogP contribution in [0.4, 0.5) is 5.82 Å². The number of piperazine rings is 1. The highest BCUT2D eigenvalue weighted by molar-refractivity contribution is 6.30. The van der Waals surface area contributed by atoms with E-state index in [0.29, 0.717) is 0 Å². The van der Waals surface area contributed by atoms with E-state index in [1.165, 1.54) is 36.8 Å². The van der Waals surface area contributed by atoms with Crippen LogP contribution in [-0.2, 0) is 6.54 Å². The number of nitrogens with one attached hydrogen (secondary N) is 1. The summed E-state index contributed by atoms with van der Waals surface area (Å²) >= 11 is 12.4. The molecule has 0 atom stereocenters. The minimum atomic E-state index is 0.157. The summed E-state index contributed by atoms with van der Waals surface area (Å²) in [6.45, 7) is 5.57. The van der Waals surface area contributed by atoms with E-state index in [0.717, 1.165) is 77.8 Å². The minimum absolute atomic E-state index is 0.157. The molecule has 0 unspecified atom stereocenters. The summed E-state index contributed by atoms with van der Waals surface area (Å²) in [5, 5.41) is 6.30. The Bertz CT molecular complexity index is 1330. The normalized spacial score (nSPS) is 17.3. The Labute approximate surface area is 241 Å². The lowest BCUT2D eigenvalue weighted by Gasteiger charge is -2.39. The predicted molar refractivity (Wildman–Crippen MR) is 162 cm³/mol. The number of fused-ring (bicyclic) bond motifs is 1. The Morgan fingerprint density at radius 3 is 2.03 bits per heavy atom. The van der Waals surface area contributed by atoms with Gasteiger partial charge in [-0.2, -0.15) is 0 Å². The van der Waals surface area contributed by atoms with Gasteiger partial charge in [0.1, 0.15) is 11.6 Å². The summed E-state index contributed by atoms with van der Waals surface area (Å²) in [6, 6.07) is 25.0. The molecule has 1 aliphatic heterocycles. The first-order valence-corrected chi connectivity index (χ1v) is 14.8. The van der Waals surface area contributed by atoms with Crippen LogP contribution in [0, 0.1) is 5.92 Å². The lowest BCUT2D eigenvalue weighted by Crippen LogP contribution is -2.47. The molecule has 3 aromatic carbocycles. The number of rotatable bonds is 8. The molecule has 1 saturated carbocycles. The van der Waals surface area contributed by atoms with Crippen molar-refractivity contribution in [3.63, 3.8) is 0 Å². The van der Waals surface area contributed by atoms with E-state index in [1.54, 1.807) is 0 Å². The van der Waals surface area contributed by atoms with E-state index in [9.17, 15) is 0 Å². The van der Waals surface area contributed by atoms with Crippen molar-refractivity contribution in [2.24, 2.45) is 5.92 Å². The van der Waals surface area contributed by atoms with Crippen LogP contribution < -0.4 is 5.32 Å². The Hall–Kier alpha value is -2.70. The van der Waals surface area contributed by atoms with Gasteiger partial charge in [-0.15, -0.1) is 0 Å². The van der Waals surface area contributed by atoms with Gasteiger partial charge in [-0.25, -0.2) is 9.97 Å². The van der Waals surface area contributed by atoms with Crippen molar-refractivity contribution in [3.8, 4) is 0 Å². The molecule has 39 heavy (non-hydrogen) atoms. The molecule has 0 bridgehead atoms. The highest BCUT2D eigenvalue weighted by Gasteiger charge is 2.27. The largest absolute Gasteiger partial charge is 0.369 e. The average Bonchev–Trinajstić information content (AvgIpc) is 3.49. The van der Waals surface area contributed by atoms with E-state index in [1.807, 2.05) is 24.3 Å². The maximum absolute atomic E-state index is 6.21. The highest BCUT2D eigenvalue weighted by atomic mass is 35.5. The minimum Gasteiger partial charge on any atom is -0.369 e. The molecule has 1 aromatic heterocycles. The van der Waals surface area contributed by atoms with E-state index in [-0.39, 0.29) is 6.04 Å². The third kappa shape index (κ3) is 6.38. The molecule has 1 saturated heterocycles. The first kappa shape index (κ1) is 26.5. The maximum atomic E-state index is 6.21. The quantitative estimate of drug-likeness (QED) is 0.243. The van der Waals surface area contributed by atoms with Crippen LogP contribution in [0.3, 0.4) is 0 Å². The van der Waals surface area contributed by atoms with Crippen LogP contribution >= 0.6 is 23.2 Å². The van der Waals surface area contributed by atoms with Crippen LogP contribution in [0.5, 0.6) is 0 Å². The van der Waals surface area contributed by atoms with Crippen LogP contribution in [0.2, 0.25) is 10.0 Å². The van der Waals surface area contributed by atoms with Gasteiger partial charge >= 0.3 is 0 Å². The number of aromatic nitrogens is 2. The van der Waals surface area contributed by atoms with Gasteiger partial charge in [0.2, 0.25) is 0 Å². The molecule has 6 rings (SSSR count). The molecule has 4 aromatic rings. The summed E-state index contributed by atoms with van der Waals surface area (Å²) in [5.41, 5.74) is 3.50. The van der Waals surface area contributed by atoms with Gasteiger partial charge in [-0.05, 0) is 66.3 Å². The lowest BCUT2D eigenvalue weighted by molar-refractivity contribution is 0.103. The fourth-order valence-electron chi connectivity index (χ4n) is 6.07. The highest BCUT2D eigenvalue weighted by Crippen LogP contribution is 2.32. The smallest absolute Gasteiger partial charge is 0.145 e. The SMILES string of the molecule is Clc1ccc(C(c2ccc(Cl)cc2)N2CCN(Cc3nc(NCC4CCCC4)c4ccccc4n3)CC2)cc1.